The predicted molar refractivity (Wildman–Crippen MR) is 81.5 cm³/mol. The molecular weight excluding hydrogens is 428 g/mol. The molecule has 0 radical (unpaired) electrons. The van der Waals surface area contributed by atoms with E-state index in [1.165, 1.54) is 0 Å². The number of amides is 2. The van der Waals surface area contributed by atoms with Crippen molar-refractivity contribution in [3.8, 4) is 0 Å². The Bertz CT molecular complexity index is 732. The SMILES string of the molecule is O=C([O-])CC[C@H](NC(=O)[C@H](CCC(=O)[O-])NC(=O)C(O)(CC(=O)[O-])CC(=O)[O-])C(=O)[O-]. The van der Waals surface area contributed by atoms with Crippen LogP contribution in [0.1, 0.15) is 38.5 Å². The standard InChI is InChI=1S/C16H22N2O13/c19-9(20)3-1-7(13(27)17-8(14(28)29)2-4-10(21)22)18-15(30)16(31,5-11(23)24)6-12(25)26/h7-8,31H,1-6H2,(H,17,27)(H,18,30)(H,19,20)(H,21,22)(H,23,24)(H,25,26)(H,28,29)/p-5/t7-,8-/m0/s1. The van der Waals surface area contributed by atoms with Crippen molar-refractivity contribution in [3.05, 3.63) is 0 Å². The second kappa shape index (κ2) is 12.1. The first-order valence-corrected chi connectivity index (χ1v) is 8.52. The smallest absolute Gasteiger partial charge is 0.253 e. The van der Waals surface area contributed by atoms with Crippen LogP contribution in [0.2, 0.25) is 0 Å². The van der Waals surface area contributed by atoms with Crippen LogP contribution in [0.4, 0.5) is 0 Å². The van der Waals surface area contributed by atoms with Crippen molar-refractivity contribution in [3.63, 3.8) is 0 Å². The molecule has 31 heavy (non-hydrogen) atoms. The molecule has 0 aromatic rings. The molecule has 0 rings (SSSR count). The Morgan fingerprint density at radius 3 is 1.45 bits per heavy atom. The third-order valence-corrected chi connectivity index (χ3v) is 3.79. The highest BCUT2D eigenvalue weighted by Gasteiger charge is 2.38. The van der Waals surface area contributed by atoms with Gasteiger partial charge >= 0.3 is 0 Å². The maximum absolute atomic E-state index is 12.3. The number of nitrogens with one attached hydrogen (secondary N) is 2. The van der Waals surface area contributed by atoms with E-state index in [4.69, 9.17) is 0 Å². The fourth-order valence-corrected chi connectivity index (χ4v) is 2.31. The van der Waals surface area contributed by atoms with E-state index in [0.29, 0.717) is 0 Å². The summed E-state index contributed by atoms with van der Waals surface area (Å²) in [6, 6.07) is -3.83. The van der Waals surface area contributed by atoms with Crippen LogP contribution in [-0.4, -0.2) is 64.5 Å². The Morgan fingerprint density at radius 2 is 1.10 bits per heavy atom. The van der Waals surface area contributed by atoms with Crippen molar-refractivity contribution in [2.24, 2.45) is 0 Å². The molecule has 0 aromatic carbocycles. The Hall–Kier alpha value is -3.75. The number of aliphatic carboxylic acids is 5. The van der Waals surface area contributed by atoms with Crippen LogP contribution in [-0.2, 0) is 33.6 Å². The highest BCUT2D eigenvalue weighted by atomic mass is 16.4. The summed E-state index contributed by atoms with van der Waals surface area (Å²) in [5.41, 5.74) is -3.15. The highest BCUT2D eigenvalue weighted by molar-refractivity contribution is 5.96. The van der Waals surface area contributed by atoms with E-state index in [1.807, 2.05) is 0 Å². The summed E-state index contributed by atoms with van der Waals surface area (Å²) in [7, 11) is 0. The van der Waals surface area contributed by atoms with Gasteiger partial charge in [-0.05, 0) is 25.7 Å². The molecule has 0 aliphatic heterocycles. The van der Waals surface area contributed by atoms with Gasteiger partial charge in [0.2, 0.25) is 5.91 Å². The zero-order chi connectivity index (χ0) is 24.4. The summed E-state index contributed by atoms with van der Waals surface area (Å²) in [4.78, 5) is 78.1. The van der Waals surface area contributed by atoms with Gasteiger partial charge in [0.15, 0.2) is 5.60 Å². The van der Waals surface area contributed by atoms with E-state index in [2.05, 4.69) is 0 Å². The summed E-state index contributed by atoms with van der Waals surface area (Å²) >= 11 is 0. The Kier molecular flexibility index (Phi) is 10.6. The first-order valence-electron chi connectivity index (χ1n) is 8.52. The molecular formula is C16H17N2O13-5. The predicted octanol–water partition coefficient (Wildman–Crippen LogP) is -9.22. The number of carbonyl (C=O) groups is 7. The van der Waals surface area contributed by atoms with Gasteiger partial charge in [-0.15, -0.1) is 0 Å². The van der Waals surface area contributed by atoms with Gasteiger partial charge in [-0.1, -0.05) is 0 Å². The zero-order valence-corrected chi connectivity index (χ0v) is 15.7. The molecule has 0 aliphatic carbocycles. The van der Waals surface area contributed by atoms with E-state index in [0.717, 1.165) is 0 Å². The first kappa shape index (κ1) is 27.2. The number of carbonyl (C=O) groups excluding carboxylic acids is 7. The molecule has 0 fully saturated rings. The van der Waals surface area contributed by atoms with Gasteiger partial charge in [-0.2, -0.15) is 0 Å². The topological polar surface area (TPSA) is 279 Å². The third kappa shape index (κ3) is 10.6. The molecule has 174 valence electrons. The van der Waals surface area contributed by atoms with Crippen LogP contribution in [0.25, 0.3) is 0 Å². The van der Waals surface area contributed by atoms with Crippen molar-refractivity contribution in [1.82, 2.24) is 10.6 Å². The van der Waals surface area contributed by atoms with E-state index < -0.39 is 97.9 Å². The Labute approximate surface area is 173 Å². The minimum absolute atomic E-state index is 0.698. The minimum Gasteiger partial charge on any atom is -0.550 e. The fraction of sp³-hybridized carbons (Fsp3) is 0.562. The van der Waals surface area contributed by atoms with Gasteiger partial charge in [-0.3, -0.25) is 9.59 Å². The van der Waals surface area contributed by atoms with Crippen molar-refractivity contribution < 1.29 is 64.2 Å². The van der Waals surface area contributed by atoms with Crippen molar-refractivity contribution >= 4 is 41.7 Å². The van der Waals surface area contributed by atoms with Gasteiger partial charge in [0.05, 0.1) is 12.0 Å². The van der Waals surface area contributed by atoms with Crippen molar-refractivity contribution in [1.29, 1.82) is 0 Å². The summed E-state index contributed by atoms with van der Waals surface area (Å²) in [6.45, 7) is 0. The monoisotopic (exact) mass is 445 g/mol. The van der Waals surface area contributed by atoms with Crippen LogP contribution >= 0.6 is 0 Å². The average molecular weight is 445 g/mol. The molecule has 0 aliphatic rings. The van der Waals surface area contributed by atoms with E-state index >= 15 is 0 Å². The third-order valence-electron chi connectivity index (χ3n) is 3.79. The first-order chi connectivity index (χ1) is 14.2. The molecule has 0 unspecified atom stereocenters. The molecule has 0 spiro atoms. The summed E-state index contributed by atoms with van der Waals surface area (Å²) in [5, 5.41) is 67.2. The quantitative estimate of drug-likeness (QED) is 0.211. The molecule has 15 nitrogen and oxygen atoms in total. The molecule has 0 saturated heterocycles. The van der Waals surface area contributed by atoms with Crippen LogP contribution in [0, 0.1) is 0 Å². The number of hydrogen-bond donors (Lipinski definition) is 3. The fourth-order valence-electron chi connectivity index (χ4n) is 2.31. The van der Waals surface area contributed by atoms with Crippen LogP contribution < -0.4 is 36.2 Å². The van der Waals surface area contributed by atoms with Gasteiger partial charge < -0.3 is 65.2 Å². The average Bonchev–Trinajstić information content (AvgIpc) is 2.59. The van der Waals surface area contributed by atoms with Crippen LogP contribution in [0.3, 0.4) is 0 Å². The summed E-state index contributed by atoms with van der Waals surface area (Å²) in [5.74, 6) is -12.5. The number of carboxylic acids is 5. The molecule has 0 heterocycles. The molecule has 2 amide bonds. The highest BCUT2D eigenvalue weighted by Crippen LogP contribution is 2.16. The second-order valence-corrected chi connectivity index (χ2v) is 6.36. The lowest BCUT2D eigenvalue weighted by Crippen LogP contribution is -2.59. The molecule has 0 bridgehead atoms. The maximum Gasteiger partial charge on any atom is 0.253 e. The lowest BCUT2D eigenvalue weighted by molar-refractivity contribution is -0.315. The van der Waals surface area contributed by atoms with Gasteiger partial charge in [0, 0.05) is 36.7 Å². The van der Waals surface area contributed by atoms with E-state index in [9.17, 15) is 64.2 Å². The number of hydrogen-bond acceptors (Lipinski definition) is 13. The molecule has 0 aromatic heterocycles. The number of carboxylic acid groups (broad SMARTS) is 5. The van der Waals surface area contributed by atoms with Crippen LogP contribution in [0.15, 0.2) is 0 Å². The van der Waals surface area contributed by atoms with Gasteiger partial charge in [0.25, 0.3) is 5.91 Å². The summed E-state index contributed by atoms with van der Waals surface area (Å²) < 4.78 is 0. The van der Waals surface area contributed by atoms with Crippen molar-refractivity contribution in [2.75, 3.05) is 0 Å². The Morgan fingerprint density at radius 1 is 0.677 bits per heavy atom. The lowest BCUT2D eigenvalue weighted by Gasteiger charge is -2.30. The van der Waals surface area contributed by atoms with Gasteiger partial charge in [-0.25, -0.2) is 0 Å². The number of aliphatic hydroxyl groups is 1. The molecule has 15 heteroatoms. The Balaban J connectivity index is 5.61. The number of rotatable bonds is 15. The normalized spacial score (nSPS) is 12.8. The van der Waals surface area contributed by atoms with E-state index in [-0.39, 0.29) is 0 Å². The maximum atomic E-state index is 12.3. The molecule has 0 saturated carbocycles. The minimum atomic E-state index is -3.15. The molecule has 3 N–H and O–H groups in total. The van der Waals surface area contributed by atoms with Crippen LogP contribution in [0.5, 0.6) is 0 Å². The summed E-state index contributed by atoms with van der Waals surface area (Å²) in [6.07, 6.45) is -6.22. The zero-order valence-electron chi connectivity index (χ0n) is 15.7. The lowest BCUT2D eigenvalue weighted by atomic mass is 9.93. The van der Waals surface area contributed by atoms with E-state index in [1.54, 1.807) is 10.6 Å². The van der Waals surface area contributed by atoms with Crippen molar-refractivity contribution in [2.45, 2.75) is 56.2 Å². The molecule has 2 atom stereocenters. The largest absolute Gasteiger partial charge is 0.550 e. The second-order valence-electron chi connectivity index (χ2n) is 6.36. The van der Waals surface area contributed by atoms with Gasteiger partial charge in [0.1, 0.15) is 6.04 Å².